The molecule has 1 fully saturated rings. The largest absolute Gasteiger partial charge is 0.356 e. The van der Waals surface area contributed by atoms with Crippen LogP contribution in [0.3, 0.4) is 0 Å². The van der Waals surface area contributed by atoms with Crippen LogP contribution in [0.15, 0.2) is 0 Å². The number of anilines is 1. The van der Waals surface area contributed by atoms with E-state index in [-0.39, 0.29) is 5.28 Å². The van der Waals surface area contributed by atoms with Crippen LogP contribution in [0.2, 0.25) is 10.4 Å². The fourth-order valence-electron chi connectivity index (χ4n) is 2.37. The normalized spacial score (nSPS) is 19.5. The van der Waals surface area contributed by atoms with Crippen molar-refractivity contribution >= 4 is 29.0 Å². The summed E-state index contributed by atoms with van der Waals surface area (Å²) < 4.78 is 0. The van der Waals surface area contributed by atoms with Crippen molar-refractivity contribution in [1.82, 2.24) is 9.97 Å². The van der Waals surface area contributed by atoms with Gasteiger partial charge in [-0.2, -0.15) is 0 Å². The first-order valence-electron chi connectivity index (χ1n) is 5.84. The molecular weight excluding hydrogens is 257 g/mol. The fourth-order valence-corrected chi connectivity index (χ4v) is 2.74. The first-order chi connectivity index (χ1) is 7.89. The molecule has 1 aromatic heterocycles. The van der Waals surface area contributed by atoms with Crippen molar-refractivity contribution in [2.24, 2.45) is 5.41 Å². The zero-order chi connectivity index (χ0) is 12.6. The van der Waals surface area contributed by atoms with Gasteiger partial charge < -0.3 is 4.90 Å². The van der Waals surface area contributed by atoms with Crippen LogP contribution in [-0.2, 0) is 0 Å². The van der Waals surface area contributed by atoms with Gasteiger partial charge in [-0.1, -0.05) is 25.4 Å². The third kappa shape index (κ3) is 2.83. The van der Waals surface area contributed by atoms with Crippen molar-refractivity contribution in [2.45, 2.75) is 33.6 Å². The molecule has 1 aliphatic heterocycles. The summed E-state index contributed by atoms with van der Waals surface area (Å²) in [7, 11) is 0. The smallest absolute Gasteiger partial charge is 0.225 e. The van der Waals surface area contributed by atoms with Crippen molar-refractivity contribution in [3.63, 3.8) is 0 Å². The highest BCUT2D eigenvalue weighted by Gasteiger charge is 2.28. The molecule has 17 heavy (non-hydrogen) atoms. The van der Waals surface area contributed by atoms with Crippen molar-refractivity contribution < 1.29 is 0 Å². The van der Waals surface area contributed by atoms with E-state index in [2.05, 4.69) is 28.7 Å². The Bertz CT molecular complexity index is 432. The lowest BCUT2D eigenvalue weighted by Gasteiger charge is -2.39. The molecule has 5 heteroatoms. The summed E-state index contributed by atoms with van der Waals surface area (Å²) >= 11 is 11.9. The maximum absolute atomic E-state index is 6.05. The molecule has 2 heterocycles. The van der Waals surface area contributed by atoms with Gasteiger partial charge in [-0.25, -0.2) is 9.97 Å². The topological polar surface area (TPSA) is 29.0 Å². The van der Waals surface area contributed by atoms with E-state index < -0.39 is 0 Å². The molecule has 0 aromatic carbocycles. The molecule has 0 aliphatic carbocycles. The van der Waals surface area contributed by atoms with E-state index in [1.54, 1.807) is 0 Å². The summed E-state index contributed by atoms with van der Waals surface area (Å²) in [4.78, 5) is 10.5. The minimum absolute atomic E-state index is 0.221. The average Bonchev–Trinajstić information content (AvgIpc) is 2.22. The molecule has 0 spiro atoms. The Morgan fingerprint density at radius 1 is 1.24 bits per heavy atom. The molecule has 0 bridgehead atoms. The van der Waals surface area contributed by atoms with Crippen LogP contribution in [0.25, 0.3) is 0 Å². The van der Waals surface area contributed by atoms with Crippen LogP contribution >= 0.6 is 23.2 Å². The first-order valence-corrected chi connectivity index (χ1v) is 6.59. The Hall–Kier alpha value is -0.540. The van der Waals surface area contributed by atoms with E-state index in [1.807, 2.05) is 6.92 Å². The molecule has 0 N–H and O–H groups in total. The van der Waals surface area contributed by atoms with E-state index in [4.69, 9.17) is 23.2 Å². The Morgan fingerprint density at radius 2 is 1.94 bits per heavy atom. The second kappa shape index (κ2) is 4.62. The van der Waals surface area contributed by atoms with Gasteiger partial charge in [0.25, 0.3) is 0 Å². The second-order valence-corrected chi connectivity index (χ2v) is 6.12. The van der Waals surface area contributed by atoms with Crippen LogP contribution in [0.4, 0.5) is 5.82 Å². The summed E-state index contributed by atoms with van der Waals surface area (Å²) in [5, 5.41) is 0.669. The molecule has 2 rings (SSSR count). The second-order valence-electron chi connectivity index (χ2n) is 5.42. The van der Waals surface area contributed by atoms with Gasteiger partial charge in [-0.15, -0.1) is 0 Å². The minimum Gasteiger partial charge on any atom is -0.356 e. The Kier molecular flexibility index (Phi) is 3.50. The Morgan fingerprint density at radius 3 is 2.59 bits per heavy atom. The molecule has 0 amide bonds. The highest BCUT2D eigenvalue weighted by molar-refractivity contribution is 6.32. The van der Waals surface area contributed by atoms with Gasteiger partial charge in [-0.3, -0.25) is 0 Å². The number of aromatic nitrogens is 2. The molecule has 0 unspecified atom stereocenters. The van der Waals surface area contributed by atoms with Crippen molar-refractivity contribution in [2.75, 3.05) is 18.0 Å². The molecule has 0 radical (unpaired) electrons. The van der Waals surface area contributed by atoms with Gasteiger partial charge in [0.15, 0.2) is 0 Å². The number of rotatable bonds is 1. The molecule has 1 aliphatic rings. The van der Waals surface area contributed by atoms with E-state index >= 15 is 0 Å². The number of piperidine rings is 1. The van der Waals surface area contributed by atoms with Crippen molar-refractivity contribution in [3.05, 3.63) is 16.0 Å². The predicted molar refractivity (Wildman–Crippen MR) is 72.0 cm³/mol. The van der Waals surface area contributed by atoms with E-state index in [9.17, 15) is 0 Å². The quantitative estimate of drug-likeness (QED) is 0.577. The average molecular weight is 274 g/mol. The third-order valence-electron chi connectivity index (χ3n) is 3.23. The van der Waals surface area contributed by atoms with Gasteiger partial charge in [0.05, 0.1) is 0 Å². The summed E-state index contributed by atoms with van der Waals surface area (Å²) in [6.07, 6.45) is 2.42. The summed E-state index contributed by atoms with van der Waals surface area (Å²) in [5.74, 6) is 0.878. The zero-order valence-corrected chi connectivity index (χ0v) is 11.9. The lowest BCUT2D eigenvalue weighted by atomic mass is 9.84. The zero-order valence-electron chi connectivity index (χ0n) is 10.4. The fraction of sp³-hybridized carbons (Fsp3) is 0.667. The van der Waals surface area contributed by atoms with Crippen LogP contribution in [0, 0.1) is 12.3 Å². The predicted octanol–water partition coefficient (Wildman–Crippen LogP) is 3.72. The molecule has 1 saturated heterocycles. The van der Waals surface area contributed by atoms with E-state index in [0.717, 1.165) is 24.5 Å². The van der Waals surface area contributed by atoms with Crippen molar-refractivity contribution in [3.8, 4) is 0 Å². The monoisotopic (exact) mass is 273 g/mol. The van der Waals surface area contributed by atoms with Crippen LogP contribution in [0.1, 0.15) is 32.3 Å². The highest BCUT2D eigenvalue weighted by Crippen LogP contribution is 2.33. The van der Waals surface area contributed by atoms with Gasteiger partial charge >= 0.3 is 0 Å². The summed E-state index contributed by atoms with van der Waals surface area (Å²) in [6, 6.07) is 0. The lowest BCUT2D eigenvalue weighted by Crippen LogP contribution is -2.41. The van der Waals surface area contributed by atoms with Gasteiger partial charge in [0.2, 0.25) is 5.28 Å². The number of hydrogen-bond acceptors (Lipinski definition) is 3. The molecule has 1 aromatic rings. The van der Waals surface area contributed by atoms with Gasteiger partial charge in [0, 0.05) is 18.7 Å². The van der Waals surface area contributed by atoms with Crippen LogP contribution < -0.4 is 4.90 Å². The maximum Gasteiger partial charge on any atom is 0.225 e. The van der Waals surface area contributed by atoms with Crippen LogP contribution in [-0.4, -0.2) is 23.1 Å². The molecule has 0 atom stereocenters. The number of hydrogen-bond donors (Lipinski definition) is 0. The molecule has 0 saturated carbocycles. The standard InChI is InChI=1S/C12H17Cl2N3/c1-8-9(13)15-11(14)16-10(8)17-6-4-5-12(2,3)7-17/h4-7H2,1-3H3. The summed E-state index contributed by atoms with van der Waals surface area (Å²) in [6.45, 7) is 8.48. The molecule has 3 nitrogen and oxygen atoms in total. The lowest BCUT2D eigenvalue weighted by molar-refractivity contribution is 0.292. The Labute approximate surface area is 112 Å². The maximum atomic E-state index is 6.05. The molecule has 94 valence electrons. The molecular formula is C12H17Cl2N3. The highest BCUT2D eigenvalue weighted by atomic mass is 35.5. The SMILES string of the molecule is Cc1c(Cl)nc(Cl)nc1N1CCCC(C)(C)C1. The van der Waals surface area contributed by atoms with Crippen LogP contribution in [0.5, 0.6) is 0 Å². The van der Waals surface area contributed by atoms with Gasteiger partial charge in [-0.05, 0) is 36.8 Å². The first kappa shape index (κ1) is 12.9. The number of nitrogens with zero attached hydrogens (tertiary/aromatic N) is 3. The number of halogens is 2. The van der Waals surface area contributed by atoms with E-state index in [0.29, 0.717) is 10.6 Å². The van der Waals surface area contributed by atoms with Gasteiger partial charge in [0.1, 0.15) is 11.0 Å². The Balaban J connectivity index is 2.34. The van der Waals surface area contributed by atoms with E-state index in [1.165, 1.54) is 12.8 Å². The van der Waals surface area contributed by atoms with Crippen molar-refractivity contribution in [1.29, 1.82) is 0 Å². The third-order valence-corrected chi connectivity index (χ3v) is 3.77. The summed E-state index contributed by atoms with van der Waals surface area (Å²) in [5.41, 5.74) is 1.22. The minimum atomic E-state index is 0.221.